The summed E-state index contributed by atoms with van der Waals surface area (Å²) in [7, 11) is -1.57. The Kier molecular flexibility index (Phi) is 7.92. The van der Waals surface area contributed by atoms with Crippen LogP contribution in [0.3, 0.4) is 0 Å². The topological polar surface area (TPSA) is 92.6 Å². The van der Waals surface area contributed by atoms with Gasteiger partial charge in [0.25, 0.3) is 0 Å². The molecule has 0 saturated carbocycles. The van der Waals surface area contributed by atoms with Gasteiger partial charge in [-0.15, -0.1) is 0 Å². The Morgan fingerprint density at radius 1 is 1.00 bits per heavy atom. The molecule has 0 radical (unpaired) electrons. The number of anilines is 1. The molecule has 200 valence electrons. The van der Waals surface area contributed by atoms with Gasteiger partial charge in [-0.05, 0) is 49.2 Å². The molecule has 1 N–H and O–H groups in total. The van der Waals surface area contributed by atoms with Crippen molar-refractivity contribution in [2.75, 3.05) is 51.0 Å². The number of pyridine rings is 1. The largest absolute Gasteiger partial charge is 0.494 e. The van der Waals surface area contributed by atoms with Crippen molar-refractivity contribution in [1.29, 1.82) is 0 Å². The maximum atomic E-state index is 11.8. The summed E-state index contributed by atoms with van der Waals surface area (Å²) in [6.45, 7) is 3.69. The van der Waals surface area contributed by atoms with Crippen molar-refractivity contribution in [3.63, 3.8) is 0 Å². The highest BCUT2D eigenvalue weighted by Gasteiger charge is 2.27. The van der Waals surface area contributed by atoms with Gasteiger partial charge in [-0.25, -0.2) is 17.8 Å². The van der Waals surface area contributed by atoms with Crippen LogP contribution in [-0.2, 0) is 10.0 Å². The lowest BCUT2D eigenvalue weighted by molar-refractivity contribution is 0.197. The summed E-state index contributed by atoms with van der Waals surface area (Å²) in [6.07, 6.45) is 6.56. The van der Waals surface area contributed by atoms with Gasteiger partial charge in [0.1, 0.15) is 11.4 Å². The number of para-hydroxylation sites is 1. The third-order valence-electron chi connectivity index (χ3n) is 6.97. The maximum Gasteiger partial charge on any atom is 0.208 e. The standard InChI is InChI=1S/C28H34N6O3S/c1-37-26-12-11-22-8-6-15-29-27(22)28(26)33-18-7-17-32(20-21-33)25(13-16-30-38(2,35)36)24-14-19-34(31-24)23-9-4-3-5-10-23/h3-6,8-12,14-15,19,25,30H,7,13,16-18,20-21H2,1-2H3. The van der Waals surface area contributed by atoms with Gasteiger partial charge in [0, 0.05) is 50.5 Å². The van der Waals surface area contributed by atoms with Crippen LogP contribution in [0.1, 0.15) is 24.6 Å². The number of aromatic nitrogens is 3. The van der Waals surface area contributed by atoms with Crippen molar-refractivity contribution in [2.24, 2.45) is 0 Å². The molecule has 3 heterocycles. The summed E-state index contributed by atoms with van der Waals surface area (Å²) < 4.78 is 33.8. The van der Waals surface area contributed by atoms with E-state index in [1.165, 1.54) is 6.26 Å². The molecule has 0 spiro atoms. The first-order chi connectivity index (χ1) is 18.4. The van der Waals surface area contributed by atoms with Crippen molar-refractivity contribution >= 4 is 26.6 Å². The molecule has 10 heteroatoms. The van der Waals surface area contributed by atoms with Crippen molar-refractivity contribution in [3.8, 4) is 11.4 Å². The first kappa shape index (κ1) is 26.1. The zero-order valence-electron chi connectivity index (χ0n) is 21.8. The van der Waals surface area contributed by atoms with E-state index >= 15 is 0 Å². The van der Waals surface area contributed by atoms with Crippen LogP contribution in [0.5, 0.6) is 5.75 Å². The number of ether oxygens (including phenoxy) is 1. The Hall–Kier alpha value is -3.47. The second kappa shape index (κ2) is 11.5. The van der Waals surface area contributed by atoms with E-state index in [2.05, 4.69) is 25.6 Å². The van der Waals surface area contributed by atoms with Crippen LogP contribution in [0, 0.1) is 0 Å². The molecule has 0 aliphatic carbocycles. The summed E-state index contributed by atoms with van der Waals surface area (Å²) >= 11 is 0. The van der Waals surface area contributed by atoms with Crippen molar-refractivity contribution in [3.05, 3.63) is 78.8 Å². The van der Waals surface area contributed by atoms with E-state index in [1.54, 1.807) is 7.11 Å². The van der Waals surface area contributed by atoms with Gasteiger partial charge in [-0.2, -0.15) is 5.10 Å². The normalized spacial score (nSPS) is 15.9. The van der Waals surface area contributed by atoms with Gasteiger partial charge in [0.2, 0.25) is 10.0 Å². The lowest BCUT2D eigenvalue weighted by Crippen LogP contribution is -2.36. The van der Waals surface area contributed by atoms with E-state index in [0.29, 0.717) is 13.0 Å². The lowest BCUT2D eigenvalue weighted by atomic mass is 10.1. The van der Waals surface area contributed by atoms with Crippen LogP contribution >= 0.6 is 0 Å². The highest BCUT2D eigenvalue weighted by molar-refractivity contribution is 7.88. The van der Waals surface area contributed by atoms with Gasteiger partial charge in [-0.3, -0.25) is 9.88 Å². The highest BCUT2D eigenvalue weighted by atomic mass is 32.2. The molecular weight excluding hydrogens is 500 g/mol. The number of nitrogens with one attached hydrogen (secondary N) is 1. The molecule has 38 heavy (non-hydrogen) atoms. The SMILES string of the molecule is COc1ccc2cccnc2c1N1CCCN(C(CCNS(C)(=O)=O)c2ccn(-c3ccccc3)n2)CC1. The predicted octanol–water partition coefficient (Wildman–Crippen LogP) is 3.62. The fourth-order valence-electron chi connectivity index (χ4n) is 5.19. The van der Waals surface area contributed by atoms with E-state index in [0.717, 1.165) is 66.3 Å². The lowest BCUT2D eigenvalue weighted by Gasteiger charge is -2.30. The van der Waals surface area contributed by atoms with Crippen LogP contribution in [-0.4, -0.2) is 74.2 Å². The van der Waals surface area contributed by atoms with E-state index in [-0.39, 0.29) is 6.04 Å². The number of fused-ring (bicyclic) bond motifs is 1. The number of benzene rings is 2. The number of hydrogen-bond acceptors (Lipinski definition) is 7. The first-order valence-electron chi connectivity index (χ1n) is 12.9. The van der Waals surface area contributed by atoms with Gasteiger partial charge in [0.15, 0.2) is 0 Å². The molecule has 0 bridgehead atoms. The summed E-state index contributed by atoms with van der Waals surface area (Å²) in [5.74, 6) is 0.820. The number of rotatable bonds is 9. The molecule has 9 nitrogen and oxygen atoms in total. The Morgan fingerprint density at radius 3 is 2.63 bits per heavy atom. The fraction of sp³-hybridized carbons (Fsp3) is 0.357. The zero-order valence-corrected chi connectivity index (χ0v) is 22.6. The third-order valence-corrected chi connectivity index (χ3v) is 7.70. The first-order valence-corrected chi connectivity index (χ1v) is 14.8. The van der Waals surface area contributed by atoms with Crippen LogP contribution in [0.25, 0.3) is 16.6 Å². The molecule has 0 amide bonds. The molecule has 5 rings (SSSR count). The van der Waals surface area contributed by atoms with Crippen molar-refractivity contribution in [2.45, 2.75) is 18.9 Å². The highest BCUT2D eigenvalue weighted by Crippen LogP contribution is 2.36. The molecular formula is C28H34N6O3S. The summed E-state index contributed by atoms with van der Waals surface area (Å²) in [5, 5.41) is 5.99. The van der Waals surface area contributed by atoms with E-state index < -0.39 is 10.0 Å². The Morgan fingerprint density at radius 2 is 1.84 bits per heavy atom. The summed E-state index contributed by atoms with van der Waals surface area (Å²) in [5.41, 5.74) is 3.89. The van der Waals surface area contributed by atoms with E-state index in [4.69, 9.17) is 9.84 Å². The van der Waals surface area contributed by atoms with Crippen LogP contribution in [0.2, 0.25) is 0 Å². The molecule has 1 aliphatic heterocycles. The molecule has 2 aromatic heterocycles. The average molecular weight is 535 g/mol. The van der Waals surface area contributed by atoms with Gasteiger partial charge in [-0.1, -0.05) is 24.3 Å². The number of hydrogen-bond donors (Lipinski definition) is 1. The van der Waals surface area contributed by atoms with Crippen LogP contribution in [0.4, 0.5) is 5.69 Å². The second-order valence-corrected chi connectivity index (χ2v) is 11.4. The minimum atomic E-state index is -3.27. The number of methoxy groups -OCH3 is 1. The minimum Gasteiger partial charge on any atom is -0.494 e. The third kappa shape index (κ3) is 5.98. The predicted molar refractivity (Wildman–Crippen MR) is 150 cm³/mol. The Bertz CT molecular complexity index is 1470. The monoisotopic (exact) mass is 534 g/mol. The zero-order chi connectivity index (χ0) is 26.5. The molecule has 4 aromatic rings. The van der Waals surface area contributed by atoms with Crippen LogP contribution in [0.15, 0.2) is 73.1 Å². The number of sulfonamides is 1. The average Bonchev–Trinajstić information content (AvgIpc) is 3.29. The number of nitrogens with zero attached hydrogens (tertiary/aromatic N) is 5. The van der Waals surface area contributed by atoms with Crippen molar-refractivity contribution in [1.82, 2.24) is 24.4 Å². The molecule has 1 aliphatic rings. The Balaban J connectivity index is 1.40. The molecule has 2 aromatic carbocycles. The van der Waals surface area contributed by atoms with E-state index in [1.807, 2.05) is 71.7 Å². The van der Waals surface area contributed by atoms with Crippen molar-refractivity contribution < 1.29 is 13.2 Å². The summed E-state index contributed by atoms with van der Waals surface area (Å²) in [4.78, 5) is 9.47. The van der Waals surface area contributed by atoms with Crippen LogP contribution < -0.4 is 14.4 Å². The minimum absolute atomic E-state index is 0.0262. The van der Waals surface area contributed by atoms with Gasteiger partial charge >= 0.3 is 0 Å². The Labute approximate surface area is 224 Å². The second-order valence-electron chi connectivity index (χ2n) is 9.56. The fourth-order valence-corrected chi connectivity index (χ4v) is 5.68. The maximum absolute atomic E-state index is 11.8. The molecule has 1 atom stereocenters. The molecule has 1 unspecified atom stereocenters. The van der Waals surface area contributed by atoms with E-state index in [9.17, 15) is 8.42 Å². The smallest absolute Gasteiger partial charge is 0.208 e. The summed E-state index contributed by atoms with van der Waals surface area (Å²) in [6, 6.07) is 20.1. The molecule has 1 fully saturated rings. The molecule has 1 saturated heterocycles. The quantitative estimate of drug-likeness (QED) is 0.351. The van der Waals surface area contributed by atoms with Gasteiger partial charge < -0.3 is 9.64 Å². The van der Waals surface area contributed by atoms with Gasteiger partial charge in [0.05, 0.1) is 36.3 Å².